The number of hydrogen-bond acceptors (Lipinski definition) is 3. The Balaban J connectivity index is 1.17. The van der Waals surface area contributed by atoms with Gasteiger partial charge >= 0.3 is 0 Å². The Morgan fingerprint density at radius 2 is 0.885 bits per heavy atom. The minimum Gasteiger partial charge on any atom is -0.458 e. The van der Waals surface area contributed by atoms with Gasteiger partial charge < -0.3 is 14.4 Å². The lowest BCUT2D eigenvalue weighted by molar-refractivity contribution is 0.486. The average Bonchev–Trinajstić information content (AvgIpc) is 3.32. The zero-order chi connectivity index (χ0) is 40.9. The third-order valence-electron chi connectivity index (χ3n) is 12.2. The largest absolute Gasteiger partial charge is 0.458 e. The summed E-state index contributed by atoms with van der Waals surface area (Å²) >= 11 is 0. The van der Waals surface area contributed by atoms with Gasteiger partial charge in [-0.05, 0) is 87.1 Å². The molecular formula is C57H42BNO2. The van der Waals surface area contributed by atoms with Crippen LogP contribution in [0.25, 0.3) is 44.5 Å². The number of nitrogens with zero attached hydrogens (tertiary/aromatic N) is 1. The number of hydrogen-bond donors (Lipinski definition) is 0. The molecule has 2 heterocycles. The van der Waals surface area contributed by atoms with Crippen LogP contribution < -0.4 is 30.8 Å². The quantitative estimate of drug-likeness (QED) is 0.162. The number of anilines is 3. The normalized spacial score (nSPS) is 12.4. The van der Waals surface area contributed by atoms with Gasteiger partial charge in [-0.2, -0.15) is 0 Å². The summed E-state index contributed by atoms with van der Waals surface area (Å²) in [6, 6.07) is 76.0. The zero-order valence-corrected chi connectivity index (χ0v) is 34.1. The summed E-state index contributed by atoms with van der Waals surface area (Å²) < 4.78 is 13.9. The zero-order valence-electron chi connectivity index (χ0n) is 34.1. The third-order valence-corrected chi connectivity index (χ3v) is 12.2. The molecule has 0 fully saturated rings. The van der Waals surface area contributed by atoms with Crippen LogP contribution >= 0.6 is 0 Å². The topological polar surface area (TPSA) is 21.7 Å². The van der Waals surface area contributed by atoms with Gasteiger partial charge in [0, 0.05) is 34.0 Å². The van der Waals surface area contributed by atoms with E-state index in [-0.39, 0.29) is 6.71 Å². The molecule has 0 spiro atoms. The molecule has 2 aliphatic rings. The van der Waals surface area contributed by atoms with E-state index in [1.807, 2.05) is 0 Å². The lowest BCUT2D eigenvalue weighted by Gasteiger charge is -2.34. The summed E-state index contributed by atoms with van der Waals surface area (Å²) in [5.74, 6) is 3.68. The van der Waals surface area contributed by atoms with Gasteiger partial charge in [-0.1, -0.05) is 183 Å². The molecule has 0 saturated heterocycles. The highest BCUT2D eigenvalue weighted by Gasteiger charge is 2.37. The first-order valence-electron chi connectivity index (χ1n) is 21.1. The van der Waals surface area contributed by atoms with E-state index in [1.165, 1.54) is 33.3 Å². The number of ether oxygens (including phenoxy) is 2. The standard InChI is InChI=1S/C57H42BNO2/c1-38(2)41-32-35-54-48(36-41)46-23-10-14-29-52(46)59(51-28-13-9-22-45(51)47-24-11-15-30-53(47)60-54)42-33-34-50-56(37-42)61-55-31-16-12-27-49(55)58(50)57-43(39-18-5-3-6-19-39)25-17-26-44(57)40-20-7-4-8-21-40/h3-38H,1-2H3. The highest BCUT2D eigenvalue weighted by atomic mass is 16.5. The second kappa shape index (κ2) is 15.2. The number of fused-ring (bicyclic) bond motifs is 8. The predicted octanol–water partition coefficient (Wildman–Crippen LogP) is 13.7. The van der Waals surface area contributed by atoms with Crippen LogP contribution in [0.1, 0.15) is 25.3 Å². The molecule has 2 aliphatic heterocycles. The SMILES string of the molecule is CC(C)c1ccc2c(c1)-c1ccccc1N(c1ccc3c(c1)Oc1ccccc1B3c1c(-c3ccccc3)cccc1-c1ccccc1)c1ccccc1-c1ccccc1O2. The summed E-state index contributed by atoms with van der Waals surface area (Å²) in [4.78, 5) is 2.41. The van der Waals surface area contributed by atoms with Crippen molar-refractivity contribution in [1.29, 1.82) is 0 Å². The van der Waals surface area contributed by atoms with Crippen molar-refractivity contribution >= 4 is 40.2 Å². The van der Waals surface area contributed by atoms with E-state index >= 15 is 0 Å². The Labute approximate surface area is 358 Å². The average molecular weight is 784 g/mol. The fourth-order valence-electron chi connectivity index (χ4n) is 9.32. The van der Waals surface area contributed by atoms with Crippen molar-refractivity contribution < 1.29 is 9.47 Å². The highest BCUT2D eigenvalue weighted by Crippen LogP contribution is 2.51. The predicted molar refractivity (Wildman–Crippen MR) is 255 cm³/mol. The third kappa shape index (κ3) is 6.40. The van der Waals surface area contributed by atoms with Gasteiger partial charge in [0.15, 0.2) is 0 Å². The van der Waals surface area contributed by atoms with Gasteiger partial charge in [0.2, 0.25) is 0 Å². The molecule has 11 rings (SSSR count). The molecule has 290 valence electrons. The first kappa shape index (κ1) is 36.5. The minimum absolute atomic E-state index is 0.107. The maximum atomic E-state index is 7.04. The maximum Gasteiger partial charge on any atom is 0.252 e. The molecule has 0 unspecified atom stereocenters. The first-order chi connectivity index (χ1) is 30.1. The van der Waals surface area contributed by atoms with Crippen LogP contribution in [-0.4, -0.2) is 6.71 Å². The lowest BCUT2D eigenvalue weighted by Crippen LogP contribution is -2.56. The van der Waals surface area contributed by atoms with Crippen molar-refractivity contribution in [3.8, 4) is 67.5 Å². The summed E-state index contributed by atoms with van der Waals surface area (Å²) in [5, 5.41) is 0. The van der Waals surface area contributed by atoms with Gasteiger partial charge in [-0.25, -0.2) is 0 Å². The summed E-state index contributed by atoms with van der Waals surface area (Å²) in [5.41, 5.74) is 16.9. The van der Waals surface area contributed by atoms with Gasteiger partial charge in [-0.3, -0.25) is 0 Å². The van der Waals surface area contributed by atoms with Gasteiger partial charge in [0.1, 0.15) is 23.0 Å². The first-order valence-corrected chi connectivity index (χ1v) is 21.1. The molecule has 0 aromatic heterocycles. The van der Waals surface area contributed by atoms with Crippen LogP contribution in [0.2, 0.25) is 0 Å². The molecule has 0 saturated carbocycles. The van der Waals surface area contributed by atoms with Gasteiger partial charge in [0.25, 0.3) is 6.71 Å². The van der Waals surface area contributed by atoms with Gasteiger partial charge in [0.05, 0.1) is 11.4 Å². The fourth-order valence-corrected chi connectivity index (χ4v) is 9.32. The molecule has 0 N–H and O–H groups in total. The van der Waals surface area contributed by atoms with Crippen LogP contribution in [0.15, 0.2) is 212 Å². The van der Waals surface area contributed by atoms with Crippen molar-refractivity contribution in [2.24, 2.45) is 0 Å². The van der Waals surface area contributed by atoms with Crippen LogP contribution in [-0.2, 0) is 0 Å². The van der Waals surface area contributed by atoms with Crippen molar-refractivity contribution in [2.75, 3.05) is 4.90 Å². The van der Waals surface area contributed by atoms with Crippen molar-refractivity contribution in [3.05, 3.63) is 218 Å². The van der Waals surface area contributed by atoms with Gasteiger partial charge in [-0.15, -0.1) is 0 Å². The van der Waals surface area contributed by atoms with E-state index in [1.54, 1.807) is 0 Å². The maximum absolute atomic E-state index is 7.04. The van der Waals surface area contributed by atoms with E-state index in [0.717, 1.165) is 73.2 Å². The highest BCUT2D eigenvalue weighted by molar-refractivity contribution is 6.98. The van der Waals surface area contributed by atoms with Crippen LogP contribution in [0, 0.1) is 0 Å². The molecule has 61 heavy (non-hydrogen) atoms. The minimum atomic E-state index is -0.107. The number of rotatable bonds is 5. The van der Waals surface area contributed by atoms with Crippen molar-refractivity contribution in [3.63, 3.8) is 0 Å². The smallest absolute Gasteiger partial charge is 0.252 e. The molecule has 9 aromatic carbocycles. The lowest BCUT2D eigenvalue weighted by atomic mass is 9.34. The fraction of sp³-hybridized carbons (Fsp3) is 0.0526. The summed E-state index contributed by atoms with van der Waals surface area (Å²) in [6.07, 6.45) is 0. The molecule has 4 heteroatoms. The molecule has 0 amide bonds. The van der Waals surface area contributed by atoms with E-state index in [2.05, 4.69) is 231 Å². The Morgan fingerprint density at radius 1 is 0.377 bits per heavy atom. The molecule has 3 nitrogen and oxygen atoms in total. The molecule has 0 bridgehead atoms. The number of para-hydroxylation sites is 4. The molecule has 9 aromatic rings. The van der Waals surface area contributed by atoms with Crippen LogP contribution in [0.5, 0.6) is 23.0 Å². The Hall–Kier alpha value is -7.56. The van der Waals surface area contributed by atoms with E-state index in [0.29, 0.717) is 5.92 Å². The second-order valence-corrected chi connectivity index (χ2v) is 16.2. The monoisotopic (exact) mass is 783 g/mol. The van der Waals surface area contributed by atoms with E-state index in [4.69, 9.17) is 9.47 Å². The van der Waals surface area contributed by atoms with Crippen LogP contribution in [0.4, 0.5) is 17.1 Å². The summed E-state index contributed by atoms with van der Waals surface area (Å²) in [7, 11) is 0. The Bertz CT molecular complexity index is 3030. The number of benzene rings is 9. The molecule has 0 atom stereocenters. The van der Waals surface area contributed by atoms with E-state index < -0.39 is 0 Å². The second-order valence-electron chi connectivity index (χ2n) is 16.2. The Kier molecular flexibility index (Phi) is 9.12. The van der Waals surface area contributed by atoms with Crippen molar-refractivity contribution in [2.45, 2.75) is 19.8 Å². The van der Waals surface area contributed by atoms with Crippen LogP contribution in [0.3, 0.4) is 0 Å². The van der Waals surface area contributed by atoms with Crippen molar-refractivity contribution in [1.82, 2.24) is 0 Å². The molecule has 0 aliphatic carbocycles. The summed E-state index contributed by atoms with van der Waals surface area (Å²) in [6.45, 7) is 4.38. The molecule has 0 radical (unpaired) electrons. The Morgan fingerprint density at radius 3 is 1.56 bits per heavy atom. The molecular weight excluding hydrogens is 741 g/mol. The van der Waals surface area contributed by atoms with E-state index in [9.17, 15) is 0 Å².